The molecule has 20 heavy (non-hydrogen) atoms. The van der Waals surface area contributed by atoms with Gasteiger partial charge in [0.1, 0.15) is 23.0 Å². The van der Waals surface area contributed by atoms with Gasteiger partial charge in [-0.05, 0) is 36.4 Å². The third-order valence-corrected chi connectivity index (χ3v) is 2.92. The third-order valence-electron chi connectivity index (χ3n) is 2.92. The molecule has 104 valence electrons. The molecule has 2 rings (SSSR count). The van der Waals surface area contributed by atoms with Crippen LogP contribution in [-0.4, -0.2) is 30.2 Å². The fraction of sp³-hybridized carbons (Fsp3) is 0.133. The Labute approximate surface area is 116 Å². The molecule has 0 unspecified atom stereocenters. The van der Waals surface area contributed by atoms with Gasteiger partial charge in [0.05, 0.1) is 14.2 Å². The smallest absolute Gasteiger partial charge is 0.128 e. The molecule has 0 spiro atoms. The molecule has 5 nitrogen and oxygen atoms in total. The predicted molar refractivity (Wildman–Crippen MR) is 75.1 cm³/mol. The van der Waals surface area contributed by atoms with E-state index in [9.17, 15) is 10.3 Å². The minimum absolute atomic E-state index is 0.0204. The van der Waals surface area contributed by atoms with Gasteiger partial charge in [0.25, 0.3) is 0 Å². The number of methoxy groups -OCH3 is 2. The predicted octanol–water partition coefficient (Wildman–Crippen LogP) is 2.64. The second-order valence-electron chi connectivity index (χ2n) is 4.06. The average molecular weight is 273 g/mol. The van der Waals surface area contributed by atoms with Crippen molar-refractivity contribution in [2.45, 2.75) is 0 Å². The van der Waals surface area contributed by atoms with Gasteiger partial charge in [-0.3, -0.25) is 0 Å². The molecular formula is C15H15NO4. The Hall–Kier alpha value is -2.69. The first kappa shape index (κ1) is 13.7. The van der Waals surface area contributed by atoms with Gasteiger partial charge >= 0.3 is 0 Å². The molecule has 0 heterocycles. The number of phenols is 1. The van der Waals surface area contributed by atoms with E-state index in [0.29, 0.717) is 22.6 Å². The normalized spacial score (nSPS) is 11.2. The zero-order valence-corrected chi connectivity index (χ0v) is 11.2. The quantitative estimate of drug-likeness (QED) is 0.510. The SMILES string of the molecule is COc1ccc(/C(=N\O)c2ccc(OC)cc2O)cc1. The summed E-state index contributed by atoms with van der Waals surface area (Å²) in [7, 11) is 3.09. The molecule has 0 amide bonds. The van der Waals surface area contributed by atoms with E-state index in [1.54, 1.807) is 43.5 Å². The van der Waals surface area contributed by atoms with E-state index in [1.807, 2.05) is 0 Å². The summed E-state index contributed by atoms with van der Waals surface area (Å²) < 4.78 is 10.1. The number of hydrogen-bond donors (Lipinski definition) is 2. The van der Waals surface area contributed by atoms with Crippen molar-refractivity contribution in [1.29, 1.82) is 0 Å². The van der Waals surface area contributed by atoms with Gasteiger partial charge in [-0.25, -0.2) is 0 Å². The summed E-state index contributed by atoms with van der Waals surface area (Å²) in [5, 5.41) is 22.5. The topological polar surface area (TPSA) is 71.3 Å². The molecule has 0 aromatic heterocycles. The van der Waals surface area contributed by atoms with Crippen molar-refractivity contribution in [3.63, 3.8) is 0 Å². The molecule has 5 heteroatoms. The van der Waals surface area contributed by atoms with Crippen molar-refractivity contribution < 1.29 is 19.8 Å². The standard InChI is InChI=1S/C15H15NO4/c1-19-11-5-3-10(4-6-11)15(16-18)13-8-7-12(20-2)9-14(13)17/h3-9,17-18H,1-2H3/b16-15+. The molecule has 0 aliphatic rings. The lowest BCUT2D eigenvalue weighted by Gasteiger charge is -2.09. The molecule has 0 aliphatic heterocycles. The number of aromatic hydroxyl groups is 1. The van der Waals surface area contributed by atoms with Crippen LogP contribution in [0.5, 0.6) is 17.2 Å². The zero-order valence-electron chi connectivity index (χ0n) is 11.2. The number of hydrogen-bond acceptors (Lipinski definition) is 5. The summed E-state index contributed by atoms with van der Waals surface area (Å²) >= 11 is 0. The van der Waals surface area contributed by atoms with Gasteiger partial charge in [0.15, 0.2) is 0 Å². The Morgan fingerprint density at radius 2 is 1.55 bits per heavy atom. The van der Waals surface area contributed by atoms with E-state index < -0.39 is 0 Å². The summed E-state index contributed by atoms with van der Waals surface area (Å²) in [4.78, 5) is 0. The van der Waals surface area contributed by atoms with E-state index in [0.717, 1.165) is 0 Å². The van der Waals surface area contributed by atoms with Gasteiger partial charge < -0.3 is 19.8 Å². The lowest BCUT2D eigenvalue weighted by Crippen LogP contribution is -2.04. The summed E-state index contributed by atoms with van der Waals surface area (Å²) in [6.45, 7) is 0. The summed E-state index contributed by atoms with van der Waals surface area (Å²) in [5.74, 6) is 1.20. The minimum Gasteiger partial charge on any atom is -0.507 e. The summed E-state index contributed by atoms with van der Waals surface area (Å²) in [5.41, 5.74) is 1.35. The van der Waals surface area contributed by atoms with Crippen LogP contribution in [-0.2, 0) is 0 Å². The van der Waals surface area contributed by atoms with E-state index >= 15 is 0 Å². The number of ether oxygens (including phenoxy) is 2. The van der Waals surface area contributed by atoms with Gasteiger partial charge in [0.2, 0.25) is 0 Å². The van der Waals surface area contributed by atoms with Crippen molar-refractivity contribution in [1.82, 2.24) is 0 Å². The van der Waals surface area contributed by atoms with Crippen molar-refractivity contribution >= 4 is 5.71 Å². The molecule has 0 saturated heterocycles. The van der Waals surface area contributed by atoms with Gasteiger partial charge in [-0.2, -0.15) is 0 Å². The molecule has 0 aliphatic carbocycles. The van der Waals surface area contributed by atoms with Crippen LogP contribution in [0.2, 0.25) is 0 Å². The van der Waals surface area contributed by atoms with Crippen LogP contribution >= 0.6 is 0 Å². The molecule has 0 atom stereocenters. The molecular weight excluding hydrogens is 258 g/mol. The van der Waals surface area contributed by atoms with Crippen molar-refractivity contribution in [2.24, 2.45) is 5.16 Å². The van der Waals surface area contributed by atoms with Gasteiger partial charge in [0, 0.05) is 17.2 Å². The van der Waals surface area contributed by atoms with Crippen molar-refractivity contribution in [3.05, 3.63) is 53.6 Å². The lowest BCUT2D eigenvalue weighted by atomic mass is 10.0. The van der Waals surface area contributed by atoms with Gasteiger partial charge in [-0.15, -0.1) is 0 Å². The highest BCUT2D eigenvalue weighted by atomic mass is 16.5. The maximum Gasteiger partial charge on any atom is 0.128 e. The highest BCUT2D eigenvalue weighted by Gasteiger charge is 2.13. The highest BCUT2D eigenvalue weighted by Crippen LogP contribution is 2.26. The second-order valence-corrected chi connectivity index (χ2v) is 4.06. The molecule has 2 aromatic rings. The van der Waals surface area contributed by atoms with Crippen molar-refractivity contribution in [2.75, 3.05) is 14.2 Å². The van der Waals surface area contributed by atoms with Crippen LogP contribution in [0.4, 0.5) is 0 Å². The van der Waals surface area contributed by atoms with Gasteiger partial charge in [-0.1, -0.05) is 5.16 Å². The maximum absolute atomic E-state index is 9.99. The Morgan fingerprint density at radius 3 is 2.05 bits per heavy atom. The third kappa shape index (κ3) is 2.66. The number of benzene rings is 2. The number of phenolic OH excluding ortho intramolecular Hbond substituents is 1. The van der Waals surface area contributed by atoms with Crippen LogP contribution in [0.3, 0.4) is 0 Å². The number of rotatable bonds is 4. The van der Waals surface area contributed by atoms with Crippen LogP contribution in [0.25, 0.3) is 0 Å². The fourth-order valence-corrected chi connectivity index (χ4v) is 1.85. The first-order valence-electron chi connectivity index (χ1n) is 5.93. The Kier molecular flexibility index (Phi) is 4.10. The molecule has 2 aromatic carbocycles. The molecule has 0 bridgehead atoms. The average Bonchev–Trinajstić information content (AvgIpc) is 2.50. The van der Waals surface area contributed by atoms with E-state index in [-0.39, 0.29) is 11.5 Å². The minimum atomic E-state index is -0.0204. The molecule has 0 fully saturated rings. The molecule has 2 N–H and O–H groups in total. The van der Waals surface area contributed by atoms with Crippen LogP contribution < -0.4 is 9.47 Å². The van der Waals surface area contributed by atoms with Crippen molar-refractivity contribution in [3.8, 4) is 17.2 Å². The lowest BCUT2D eigenvalue weighted by molar-refractivity contribution is 0.319. The fourth-order valence-electron chi connectivity index (χ4n) is 1.85. The van der Waals surface area contributed by atoms with Crippen LogP contribution in [0.1, 0.15) is 11.1 Å². The van der Waals surface area contributed by atoms with E-state index in [4.69, 9.17) is 9.47 Å². The molecule has 0 saturated carbocycles. The number of oxime groups is 1. The highest BCUT2D eigenvalue weighted by molar-refractivity contribution is 6.14. The second kappa shape index (κ2) is 5.97. The number of nitrogens with zero attached hydrogens (tertiary/aromatic N) is 1. The summed E-state index contributed by atoms with van der Waals surface area (Å²) in [6.07, 6.45) is 0. The first-order valence-corrected chi connectivity index (χ1v) is 5.93. The Morgan fingerprint density at radius 1 is 0.950 bits per heavy atom. The Balaban J connectivity index is 2.42. The van der Waals surface area contributed by atoms with E-state index in [2.05, 4.69) is 5.16 Å². The first-order chi connectivity index (χ1) is 9.69. The van der Waals surface area contributed by atoms with E-state index in [1.165, 1.54) is 13.2 Å². The largest absolute Gasteiger partial charge is 0.507 e. The summed E-state index contributed by atoms with van der Waals surface area (Å²) in [6, 6.07) is 11.8. The zero-order chi connectivity index (χ0) is 14.5. The molecule has 0 radical (unpaired) electrons. The van der Waals surface area contributed by atoms with Crippen LogP contribution in [0.15, 0.2) is 47.6 Å². The maximum atomic E-state index is 9.99. The monoisotopic (exact) mass is 273 g/mol. The van der Waals surface area contributed by atoms with Crippen LogP contribution in [0, 0.1) is 0 Å². The Bertz CT molecular complexity index is 620.